The van der Waals surface area contributed by atoms with Crippen LogP contribution in [0.1, 0.15) is 52.9 Å². The van der Waals surface area contributed by atoms with Gasteiger partial charge in [0.05, 0.1) is 12.1 Å². The van der Waals surface area contributed by atoms with Crippen molar-refractivity contribution >= 4 is 0 Å². The van der Waals surface area contributed by atoms with E-state index in [4.69, 9.17) is 10.5 Å². The lowest BCUT2D eigenvalue weighted by molar-refractivity contribution is 0.382. The molecule has 0 saturated carbocycles. The number of unbranched alkanes of at least 4 members (excludes halogenated alkanes) is 1. The third-order valence-electron chi connectivity index (χ3n) is 3.01. The van der Waals surface area contributed by atoms with Gasteiger partial charge in [-0.2, -0.15) is 10.5 Å². The highest BCUT2D eigenvalue weighted by Crippen LogP contribution is 2.21. The molecule has 0 aliphatic heterocycles. The SMILES string of the molecule is CCCCC(C)CCC(C)C(C#N)C#N. The molecule has 0 N–H and O–H groups in total. The molecule has 0 saturated heterocycles. The highest BCUT2D eigenvalue weighted by atomic mass is 14.3. The molecule has 2 unspecified atom stereocenters. The fourth-order valence-electron chi connectivity index (χ4n) is 1.69. The van der Waals surface area contributed by atoms with Crippen LogP contribution in [0.3, 0.4) is 0 Å². The van der Waals surface area contributed by atoms with E-state index in [0.717, 1.165) is 18.8 Å². The fraction of sp³-hybridized carbons (Fsp3) is 0.846. The maximum atomic E-state index is 8.73. The summed E-state index contributed by atoms with van der Waals surface area (Å²) >= 11 is 0. The third kappa shape index (κ3) is 6.13. The Morgan fingerprint density at radius 1 is 1.00 bits per heavy atom. The quantitative estimate of drug-likeness (QED) is 0.634. The van der Waals surface area contributed by atoms with E-state index in [1.165, 1.54) is 19.3 Å². The minimum atomic E-state index is -0.427. The summed E-state index contributed by atoms with van der Waals surface area (Å²) in [6.07, 6.45) is 5.94. The molecule has 2 nitrogen and oxygen atoms in total. The van der Waals surface area contributed by atoms with Gasteiger partial charge in [-0.3, -0.25) is 0 Å². The zero-order valence-electron chi connectivity index (χ0n) is 10.2. The Hall–Kier alpha value is -1.02. The second-order valence-corrected chi connectivity index (χ2v) is 4.54. The molecule has 2 atom stereocenters. The number of hydrogen-bond donors (Lipinski definition) is 0. The largest absolute Gasteiger partial charge is 0.197 e. The van der Waals surface area contributed by atoms with Gasteiger partial charge in [0.2, 0.25) is 0 Å². The van der Waals surface area contributed by atoms with E-state index >= 15 is 0 Å². The maximum Gasteiger partial charge on any atom is 0.135 e. The predicted octanol–water partition coefficient (Wildman–Crippen LogP) is 3.89. The van der Waals surface area contributed by atoms with Gasteiger partial charge in [-0.25, -0.2) is 0 Å². The lowest BCUT2D eigenvalue weighted by atomic mass is 9.88. The summed E-state index contributed by atoms with van der Waals surface area (Å²) in [5, 5.41) is 17.5. The molecule has 0 amide bonds. The van der Waals surface area contributed by atoms with Crippen LogP contribution in [0, 0.1) is 40.4 Å². The first-order chi connectivity index (χ1) is 7.15. The van der Waals surface area contributed by atoms with Crippen LogP contribution in [-0.2, 0) is 0 Å². The first kappa shape index (κ1) is 14.0. The van der Waals surface area contributed by atoms with E-state index in [1.807, 2.05) is 6.92 Å². The Labute approximate surface area is 93.9 Å². The van der Waals surface area contributed by atoms with Crippen molar-refractivity contribution < 1.29 is 0 Å². The third-order valence-corrected chi connectivity index (χ3v) is 3.01. The maximum absolute atomic E-state index is 8.73. The molecular weight excluding hydrogens is 184 g/mol. The monoisotopic (exact) mass is 206 g/mol. The molecule has 0 heterocycles. The molecule has 0 rings (SSSR count). The first-order valence-electron chi connectivity index (χ1n) is 5.94. The second kappa shape index (κ2) is 8.30. The van der Waals surface area contributed by atoms with Crippen LogP contribution in [0.4, 0.5) is 0 Å². The van der Waals surface area contributed by atoms with Gasteiger partial charge in [-0.15, -0.1) is 0 Å². The van der Waals surface area contributed by atoms with Crippen molar-refractivity contribution in [1.29, 1.82) is 10.5 Å². The van der Waals surface area contributed by atoms with E-state index in [2.05, 4.69) is 26.0 Å². The van der Waals surface area contributed by atoms with Crippen molar-refractivity contribution in [2.24, 2.45) is 17.8 Å². The summed E-state index contributed by atoms with van der Waals surface area (Å²) in [5.74, 6) is 0.512. The second-order valence-electron chi connectivity index (χ2n) is 4.54. The van der Waals surface area contributed by atoms with Gasteiger partial charge in [0.1, 0.15) is 5.92 Å². The van der Waals surface area contributed by atoms with Crippen molar-refractivity contribution in [1.82, 2.24) is 0 Å². The van der Waals surface area contributed by atoms with Crippen molar-refractivity contribution in [3.63, 3.8) is 0 Å². The van der Waals surface area contributed by atoms with Gasteiger partial charge < -0.3 is 0 Å². The normalized spacial score (nSPS) is 14.3. The van der Waals surface area contributed by atoms with Crippen LogP contribution >= 0.6 is 0 Å². The van der Waals surface area contributed by atoms with Crippen LogP contribution in [0.2, 0.25) is 0 Å². The van der Waals surface area contributed by atoms with Crippen LogP contribution in [0.15, 0.2) is 0 Å². The standard InChI is InChI=1S/C13H22N2/c1-4-5-6-11(2)7-8-12(3)13(9-14)10-15/h11-13H,4-8H2,1-3H3. The molecule has 0 bridgehead atoms. The smallest absolute Gasteiger partial charge is 0.135 e. The van der Waals surface area contributed by atoms with E-state index in [1.54, 1.807) is 0 Å². The zero-order valence-corrected chi connectivity index (χ0v) is 10.2. The summed E-state index contributed by atoms with van der Waals surface area (Å²) in [7, 11) is 0. The van der Waals surface area contributed by atoms with Gasteiger partial charge >= 0.3 is 0 Å². The topological polar surface area (TPSA) is 47.6 Å². The van der Waals surface area contributed by atoms with E-state index < -0.39 is 5.92 Å². The molecule has 0 aromatic rings. The molecule has 15 heavy (non-hydrogen) atoms. The Morgan fingerprint density at radius 2 is 1.60 bits per heavy atom. The lowest BCUT2D eigenvalue weighted by Crippen LogP contribution is -2.09. The minimum Gasteiger partial charge on any atom is -0.197 e. The number of hydrogen-bond acceptors (Lipinski definition) is 2. The van der Waals surface area contributed by atoms with Gasteiger partial charge in [0.15, 0.2) is 0 Å². The molecule has 0 fully saturated rings. The Balaban J connectivity index is 3.76. The summed E-state index contributed by atoms with van der Waals surface area (Å²) in [5.41, 5.74) is 0. The van der Waals surface area contributed by atoms with E-state index in [-0.39, 0.29) is 5.92 Å². The van der Waals surface area contributed by atoms with E-state index in [9.17, 15) is 0 Å². The predicted molar refractivity (Wildman–Crippen MR) is 61.8 cm³/mol. The summed E-state index contributed by atoms with van der Waals surface area (Å²) < 4.78 is 0. The molecule has 2 heteroatoms. The number of nitriles is 2. The Kier molecular flexibility index (Phi) is 7.74. The van der Waals surface area contributed by atoms with Crippen LogP contribution in [0.25, 0.3) is 0 Å². The highest BCUT2D eigenvalue weighted by Gasteiger charge is 2.16. The van der Waals surface area contributed by atoms with Crippen molar-refractivity contribution in [3.8, 4) is 12.1 Å². The summed E-state index contributed by atoms with van der Waals surface area (Å²) in [6.45, 7) is 6.47. The molecule has 0 aromatic heterocycles. The highest BCUT2D eigenvalue weighted by molar-refractivity contribution is 5.01. The molecule has 0 aromatic carbocycles. The van der Waals surface area contributed by atoms with Gasteiger partial charge in [0.25, 0.3) is 0 Å². The van der Waals surface area contributed by atoms with Crippen molar-refractivity contribution in [2.45, 2.75) is 52.9 Å². The summed E-state index contributed by atoms with van der Waals surface area (Å²) in [4.78, 5) is 0. The van der Waals surface area contributed by atoms with Crippen molar-refractivity contribution in [3.05, 3.63) is 0 Å². The summed E-state index contributed by atoms with van der Waals surface area (Å²) in [6, 6.07) is 4.11. The molecule has 0 aliphatic rings. The molecule has 84 valence electrons. The molecule has 0 radical (unpaired) electrons. The average molecular weight is 206 g/mol. The molecule has 0 aliphatic carbocycles. The van der Waals surface area contributed by atoms with Crippen molar-refractivity contribution in [2.75, 3.05) is 0 Å². The number of nitrogens with zero attached hydrogens (tertiary/aromatic N) is 2. The van der Waals surface area contributed by atoms with Crippen LogP contribution in [-0.4, -0.2) is 0 Å². The Morgan fingerprint density at radius 3 is 2.07 bits per heavy atom. The zero-order chi connectivity index (χ0) is 11.7. The molecular formula is C13H22N2. The van der Waals surface area contributed by atoms with Crippen LogP contribution < -0.4 is 0 Å². The van der Waals surface area contributed by atoms with Gasteiger partial charge in [0, 0.05) is 0 Å². The molecule has 0 spiro atoms. The Bertz CT molecular complexity index is 220. The van der Waals surface area contributed by atoms with Gasteiger partial charge in [-0.1, -0.05) is 46.5 Å². The lowest BCUT2D eigenvalue weighted by Gasteiger charge is -2.15. The minimum absolute atomic E-state index is 0.212. The van der Waals surface area contributed by atoms with Gasteiger partial charge in [-0.05, 0) is 18.3 Å². The van der Waals surface area contributed by atoms with E-state index in [0.29, 0.717) is 0 Å². The average Bonchev–Trinajstić information content (AvgIpc) is 2.25. The fourth-order valence-corrected chi connectivity index (χ4v) is 1.69. The van der Waals surface area contributed by atoms with Crippen LogP contribution in [0.5, 0.6) is 0 Å². The first-order valence-corrected chi connectivity index (χ1v) is 5.94. The number of rotatable bonds is 7.